The van der Waals surface area contributed by atoms with Crippen molar-refractivity contribution in [3.05, 3.63) is 75.9 Å². The maximum Gasteiger partial charge on any atom is 0.258 e. The predicted molar refractivity (Wildman–Crippen MR) is 225 cm³/mol. The summed E-state index contributed by atoms with van der Waals surface area (Å²) in [6.07, 6.45) is 4.08. The first-order chi connectivity index (χ1) is 29.1. The van der Waals surface area contributed by atoms with Gasteiger partial charge in [-0.25, -0.2) is 19.9 Å². The van der Waals surface area contributed by atoms with Crippen LogP contribution in [0.3, 0.4) is 0 Å². The van der Waals surface area contributed by atoms with Gasteiger partial charge in [-0.05, 0) is 46.9 Å². The van der Waals surface area contributed by atoms with Crippen LogP contribution in [0.2, 0.25) is 0 Å². The number of carbonyl (C=O) groups excluding carboxylic acids is 2. The zero-order chi connectivity index (χ0) is 41.5. The summed E-state index contributed by atoms with van der Waals surface area (Å²) in [4.78, 5) is 54.7. The molecule has 3 aromatic heterocycles. The number of thiophene rings is 1. The van der Waals surface area contributed by atoms with Gasteiger partial charge in [-0.3, -0.25) is 14.5 Å². The molecular formula is C43H49N9O7S. The number of phenols is 2. The van der Waals surface area contributed by atoms with Crippen molar-refractivity contribution < 1.29 is 34.0 Å². The molecule has 16 nitrogen and oxygen atoms in total. The van der Waals surface area contributed by atoms with E-state index in [1.807, 2.05) is 36.9 Å². The van der Waals surface area contributed by atoms with Crippen LogP contribution in [-0.2, 0) is 33.9 Å². The Bertz CT molecular complexity index is 2400. The number of anilines is 2. The lowest BCUT2D eigenvalue weighted by Gasteiger charge is -2.37. The summed E-state index contributed by atoms with van der Waals surface area (Å²) < 4.78 is 19.1. The second-order valence-electron chi connectivity index (χ2n) is 16.1. The number of nitrogen functional groups attached to an aromatic ring is 1. The SMILES string of the molecule is CC(C)c1cc(C(=O)N2Cc3ccc(OC4CCN(C(=O)[C@@H]5CN(Cc6cc7nc(-c8cnc(N)nc8)nc(N8CCOCC8)c7s6)CCO5)CC4)cc3C2)c(O)cc1O. The summed E-state index contributed by atoms with van der Waals surface area (Å²) in [6, 6.07) is 10.9. The van der Waals surface area contributed by atoms with Crippen molar-refractivity contribution in [2.24, 2.45) is 0 Å². The second-order valence-corrected chi connectivity index (χ2v) is 17.3. The Morgan fingerprint density at radius 3 is 2.45 bits per heavy atom. The molecule has 314 valence electrons. The van der Waals surface area contributed by atoms with E-state index >= 15 is 0 Å². The Morgan fingerprint density at radius 1 is 0.917 bits per heavy atom. The molecule has 1 atom stereocenters. The fraction of sp³-hybridized carbons (Fsp3) is 0.442. The molecule has 0 spiro atoms. The van der Waals surface area contributed by atoms with Gasteiger partial charge in [0.05, 0.1) is 41.2 Å². The lowest BCUT2D eigenvalue weighted by molar-refractivity contribution is -0.151. The average Bonchev–Trinajstić information content (AvgIpc) is 3.87. The van der Waals surface area contributed by atoms with Gasteiger partial charge in [0, 0.05) is 95.1 Å². The molecule has 3 saturated heterocycles. The zero-order valence-corrected chi connectivity index (χ0v) is 34.6. The van der Waals surface area contributed by atoms with Crippen molar-refractivity contribution >= 4 is 45.1 Å². The van der Waals surface area contributed by atoms with E-state index in [-0.39, 0.29) is 46.8 Å². The molecule has 9 rings (SSSR count). The predicted octanol–water partition coefficient (Wildman–Crippen LogP) is 4.53. The standard InChI is InChI=1S/C43H49N9O7S/c1-25(2)32-17-33(36(54)18-35(32)53)41(55)52-21-26-3-4-30(15-27(26)22-52)59-29-5-7-51(8-6-29)42(56)37-24-49(9-14-58-37)23-31-16-34-38(60-31)40(50-10-12-57-13-11-50)48-39(47-34)28-19-45-43(44)46-20-28/h3-4,15-20,25,29,37,53-54H,5-14,21-24H2,1-2H3,(H2,44,45,46)/t37-/m0/s1. The number of rotatable bonds is 9. The summed E-state index contributed by atoms with van der Waals surface area (Å²) in [5.74, 6) is 1.80. The fourth-order valence-corrected chi connectivity index (χ4v) is 9.56. The molecule has 4 N–H and O–H groups in total. The van der Waals surface area contributed by atoms with Crippen LogP contribution >= 0.6 is 11.3 Å². The second kappa shape index (κ2) is 16.8. The van der Waals surface area contributed by atoms with E-state index in [1.54, 1.807) is 34.7 Å². The molecule has 2 aromatic carbocycles. The number of ether oxygens (including phenoxy) is 3. The van der Waals surface area contributed by atoms with Crippen LogP contribution in [0.15, 0.2) is 48.8 Å². The molecule has 0 aliphatic carbocycles. The molecule has 17 heteroatoms. The average molecular weight is 836 g/mol. The molecule has 2 amide bonds. The number of carbonyl (C=O) groups is 2. The molecule has 4 aliphatic heterocycles. The van der Waals surface area contributed by atoms with Gasteiger partial charge in [-0.2, -0.15) is 0 Å². The topological polar surface area (TPSA) is 193 Å². The molecular weight excluding hydrogens is 787 g/mol. The van der Waals surface area contributed by atoms with E-state index in [0.717, 1.165) is 57.4 Å². The zero-order valence-electron chi connectivity index (χ0n) is 33.7. The minimum Gasteiger partial charge on any atom is -0.508 e. The van der Waals surface area contributed by atoms with Gasteiger partial charge in [0.1, 0.15) is 29.5 Å². The van der Waals surface area contributed by atoms with Crippen LogP contribution in [-0.4, -0.2) is 128 Å². The van der Waals surface area contributed by atoms with E-state index in [0.29, 0.717) is 88.9 Å². The maximum atomic E-state index is 13.8. The molecule has 5 aromatic rings. The third kappa shape index (κ3) is 8.26. The van der Waals surface area contributed by atoms with E-state index in [1.165, 1.54) is 6.07 Å². The summed E-state index contributed by atoms with van der Waals surface area (Å²) in [5, 5.41) is 20.7. The fourth-order valence-electron chi connectivity index (χ4n) is 8.41. The smallest absolute Gasteiger partial charge is 0.258 e. The van der Waals surface area contributed by atoms with Gasteiger partial charge in [0.25, 0.3) is 11.8 Å². The normalized spacial score (nSPS) is 19.0. The monoisotopic (exact) mass is 835 g/mol. The van der Waals surface area contributed by atoms with Crippen LogP contribution in [0, 0.1) is 0 Å². The number of morpholine rings is 2. The van der Waals surface area contributed by atoms with Gasteiger partial charge < -0.3 is 44.9 Å². The van der Waals surface area contributed by atoms with E-state index in [9.17, 15) is 19.8 Å². The Balaban J connectivity index is 0.797. The number of fused-ring (bicyclic) bond motifs is 2. The highest BCUT2D eigenvalue weighted by molar-refractivity contribution is 7.19. The number of hydrogen-bond acceptors (Lipinski definition) is 15. The first-order valence-corrected chi connectivity index (χ1v) is 21.4. The first kappa shape index (κ1) is 39.8. The van der Waals surface area contributed by atoms with Crippen molar-refractivity contribution in [2.75, 3.05) is 69.7 Å². The minimum absolute atomic E-state index is 0.00612. The number of nitrogens with two attached hydrogens (primary N) is 1. The highest BCUT2D eigenvalue weighted by Gasteiger charge is 2.34. The Labute approximate surface area is 351 Å². The molecule has 3 fully saturated rings. The highest BCUT2D eigenvalue weighted by atomic mass is 32.1. The lowest BCUT2D eigenvalue weighted by Crippen LogP contribution is -2.53. The molecule has 60 heavy (non-hydrogen) atoms. The molecule has 7 heterocycles. The Hall–Kier alpha value is -5.62. The van der Waals surface area contributed by atoms with Crippen molar-refractivity contribution in [3.63, 3.8) is 0 Å². The van der Waals surface area contributed by atoms with Crippen molar-refractivity contribution in [1.82, 2.24) is 34.6 Å². The van der Waals surface area contributed by atoms with Gasteiger partial charge in [0.2, 0.25) is 5.95 Å². The van der Waals surface area contributed by atoms with Crippen molar-refractivity contribution in [1.29, 1.82) is 0 Å². The number of amides is 2. The summed E-state index contributed by atoms with van der Waals surface area (Å²) in [5.41, 5.74) is 10.1. The Morgan fingerprint density at radius 2 is 1.68 bits per heavy atom. The summed E-state index contributed by atoms with van der Waals surface area (Å²) in [6.45, 7) is 10.9. The maximum absolute atomic E-state index is 13.8. The van der Waals surface area contributed by atoms with Crippen molar-refractivity contribution in [2.45, 2.75) is 64.4 Å². The first-order valence-electron chi connectivity index (χ1n) is 20.5. The molecule has 0 radical (unpaired) electrons. The summed E-state index contributed by atoms with van der Waals surface area (Å²) >= 11 is 1.68. The number of likely N-dealkylation sites (tertiary alicyclic amines) is 1. The number of aromatic nitrogens is 4. The van der Waals surface area contributed by atoms with Gasteiger partial charge >= 0.3 is 0 Å². The minimum atomic E-state index is -0.547. The highest BCUT2D eigenvalue weighted by Crippen LogP contribution is 2.37. The van der Waals surface area contributed by atoms with Crippen LogP contribution in [0.5, 0.6) is 17.2 Å². The van der Waals surface area contributed by atoms with Gasteiger partial charge in [-0.1, -0.05) is 19.9 Å². The quantitative estimate of drug-likeness (QED) is 0.188. The number of aromatic hydroxyl groups is 2. The van der Waals surface area contributed by atoms with E-state index < -0.39 is 6.10 Å². The largest absolute Gasteiger partial charge is 0.508 e. The number of piperidine rings is 1. The summed E-state index contributed by atoms with van der Waals surface area (Å²) in [7, 11) is 0. The van der Waals surface area contributed by atoms with Crippen LogP contribution in [0.25, 0.3) is 21.6 Å². The van der Waals surface area contributed by atoms with Crippen LogP contribution in [0.1, 0.15) is 64.5 Å². The third-order valence-electron chi connectivity index (χ3n) is 11.7. The Kier molecular flexibility index (Phi) is 11.1. The number of benzene rings is 2. The third-order valence-corrected chi connectivity index (χ3v) is 12.8. The van der Waals surface area contributed by atoms with E-state index in [2.05, 4.69) is 25.8 Å². The number of hydrogen-bond donors (Lipinski definition) is 3. The van der Waals surface area contributed by atoms with E-state index in [4.69, 9.17) is 29.9 Å². The molecule has 4 aliphatic rings. The van der Waals surface area contributed by atoms with Gasteiger partial charge in [-0.15, -0.1) is 11.3 Å². The van der Waals surface area contributed by atoms with Crippen LogP contribution in [0.4, 0.5) is 11.8 Å². The number of phenolic OH excluding ortho intramolecular Hbond substituents is 2. The van der Waals surface area contributed by atoms with Gasteiger partial charge in [0.15, 0.2) is 11.6 Å². The molecule has 0 saturated carbocycles. The van der Waals surface area contributed by atoms with Crippen molar-refractivity contribution in [3.8, 4) is 28.6 Å². The molecule has 0 bridgehead atoms. The molecule has 0 unspecified atom stereocenters. The number of nitrogens with zero attached hydrogens (tertiary/aromatic N) is 8. The van der Waals surface area contributed by atoms with Crippen LogP contribution < -0.4 is 15.4 Å². The lowest BCUT2D eigenvalue weighted by atomic mass is 9.98.